The Morgan fingerprint density at radius 2 is 1.76 bits per heavy atom. The smallest absolute Gasteiger partial charge is 0.145 e. The van der Waals surface area contributed by atoms with Gasteiger partial charge in [-0.3, -0.25) is 0 Å². The molecule has 0 saturated carbocycles. The van der Waals surface area contributed by atoms with Crippen LogP contribution in [0.3, 0.4) is 0 Å². The SMILES string of the molecule is CN1CCN(Cc2c(F)ccc(Br)c2F)c2ccccc21. The quantitative estimate of drug-likeness (QED) is 0.748. The van der Waals surface area contributed by atoms with Gasteiger partial charge >= 0.3 is 0 Å². The standard InChI is InChI=1S/C16H15BrF2N2/c1-20-8-9-21(15-5-3-2-4-14(15)20)10-11-13(18)7-6-12(17)16(11)19/h2-7H,8-10H2,1H3. The molecule has 0 aromatic heterocycles. The van der Waals surface area contributed by atoms with Crippen LogP contribution in [0.5, 0.6) is 0 Å². The first kappa shape index (κ1) is 14.3. The van der Waals surface area contributed by atoms with E-state index >= 15 is 0 Å². The lowest BCUT2D eigenvalue weighted by molar-refractivity contribution is 0.544. The van der Waals surface area contributed by atoms with Crippen molar-refractivity contribution in [3.05, 3.63) is 58.1 Å². The lowest BCUT2D eigenvalue weighted by Gasteiger charge is -2.37. The molecule has 2 aromatic rings. The fourth-order valence-electron chi connectivity index (χ4n) is 2.64. The van der Waals surface area contributed by atoms with Gasteiger partial charge in [-0.1, -0.05) is 12.1 Å². The second-order valence-electron chi connectivity index (χ2n) is 5.15. The molecule has 0 fully saturated rings. The molecule has 1 aliphatic rings. The molecule has 0 N–H and O–H groups in total. The summed E-state index contributed by atoms with van der Waals surface area (Å²) in [6, 6.07) is 10.6. The summed E-state index contributed by atoms with van der Waals surface area (Å²) in [6.45, 7) is 1.79. The summed E-state index contributed by atoms with van der Waals surface area (Å²) in [7, 11) is 2.02. The minimum Gasteiger partial charge on any atom is -0.371 e. The van der Waals surface area contributed by atoms with E-state index in [1.807, 2.05) is 36.2 Å². The molecule has 3 rings (SSSR count). The zero-order valence-electron chi connectivity index (χ0n) is 11.6. The molecule has 5 heteroatoms. The predicted molar refractivity (Wildman–Crippen MR) is 84.8 cm³/mol. The van der Waals surface area contributed by atoms with Crippen molar-refractivity contribution in [2.24, 2.45) is 0 Å². The van der Waals surface area contributed by atoms with Gasteiger partial charge in [0, 0.05) is 32.2 Å². The van der Waals surface area contributed by atoms with E-state index < -0.39 is 11.6 Å². The molecule has 0 amide bonds. The summed E-state index contributed by atoms with van der Waals surface area (Å²) < 4.78 is 28.4. The number of fused-ring (bicyclic) bond motifs is 1. The second-order valence-corrected chi connectivity index (χ2v) is 6.01. The van der Waals surface area contributed by atoms with E-state index in [1.165, 1.54) is 12.1 Å². The van der Waals surface area contributed by atoms with Crippen molar-refractivity contribution < 1.29 is 8.78 Å². The molecule has 2 nitrogen and oxygen atoms in total. The minimum absolute atomic E-state index is 0.101. The van der Waals surface area contributed by atoms with Crippen LogP contribution in [0.15, 0.2) is 40.9 Å². The number of anilines is 2. The van der Waals surface area contributed by atoms with Gasteiger partial charge in [-0.15, -0.1) is 0 Å². The maximum Gasteiger partial charge on any atom is 0.145 e. The van der Waals surface area contributed by atoms with Gasteiger partial charge in [-0.2, -0.15) is 0 Å². The summed E-state index contributed by atoms with van der Waals surface area (Å²) in [4.78, 5) is 4.17. The first-order valence-electron chi connectivity index (χ1n) is 6.75. The van der Waals surface area contributed by atoms with Gasteiger partial charge in [0.1, 0.15) is 11.6 Å². The Morgan fingerprint density at radius 1 is 1.05 bits per heavy atom. The Hall–Kier alpha value is -1.62. The number of rotatable bonds is 2. The zero-order chi connectivity index (χ0) is 15.0. The molecule has 0 unspecified atom stereocenters. The van der Waals surface area contributed by atoms with Crippen LogP contribution in [-0.2, 0) is 6.54 Å². The van der Waals surface area contributed by atoms with E-state index in [2.05, 4.69) is 20.8 Å². The Labute approximate surface area is 131 Å². The first-order chi connectivity index (χ1) is 10.1. The molecule has 110 valence electrons. The summed E-state index contributed by atoms with van der Waals surface area (Å²) in [5, 5.41) is 0. The van der Waals surface area contributed by atoms with Crippen LogP contribution in [0.2, 0.25) is 0 Å². The number of nitrogens with zero attached hydrogens (tertiary/aromatic N) is 2. The van der Waals surface area contributed by atoms with Gasteiger partial charge in [0.2, 0.25) is 0 Å². The number of hydrogen-bond donors (Lipinski definition) is 0. The Balaban J connectivity index is 1.97. The Kier molecular flexibility index (Phi) is 3.85. The molecule has 0 saturated heterocycles. The fraction of sp³-hybridized carbons (Fsp3) is 0.250. The molecule has 0 aliphatic carbocycles. The molecule has 0 bridgehead atoms. The highest BCUT2D eigenvalue weighted by Gasteiger charge is 2.22. The lowest BCUT2D eigenvalue weighted by Crippen LogP contribution is -2.39. The average molecular weight is 353 g/mol. The van der Waals surface area contributed by atoms with Crippen LogP contribution in [0.1, 0.15) is 5.56 Å². The monoisotopic (exact) mass is 352 g/mol. The van der Waals surface area contributed by atoms with E-state index in [0.29, 0.717) is 4.47 Å². The Morgan fingerprint density at radius 3 is 2.52 bits per heavy atom. The minimum atomic E-state index is -0.522. The molecule has 0 atom stereocenters. The van der Waals surface area contributed by atoms with Crippen LogP contribution >= 0.6 is 15.9 Å². The average Bonchev–Trinajstić information content (AvgIpc) is 2.50. The molecule has 1 heterocycles. The van der Waals surface area contributed by atoms with Gasteiger partial charge in [-0.25, -0.2) is 8.78 Å². The summed E-state index contributed by atoms with van der Waals surface area (Å²) >= 11 is 3.12. The van der Waals surface area contributed by atoms with Gasteiger partial charge in [0.25, 0.3) is 0 Å². The predicted octanol–water partition coefficient (Wildman–Crippen LogP) is 4.18. The number of para-hydroxylation sites is 2. The van der Waals surface area contributed by atoms with Gasteiger partial charge in [0.15, 0.2) is 0 Å². The second kappa shape index (κ2) is 5.64. The maximum absolute atomic E-state index is 14.1. The van der Waals surface area contributed by atoms with Crippen molar-refractivity contribution in [3.63, 3.8) is 0 Å². The topological polar surface area (TPSA) is 6.48 Å². The van der Waals surface area contributed by atoms with E-state index in [0.717, 1.165) is 24.5 Å². The number of benzene rings is 2. The van der Waals surface area contributed by atoms with E-state index in [4.69, 9.17) is 0 Å². The van der Waals surface area contributed by atoms with Crippen LogP contribution in [-0.4, -0.2) is 20.1 Å². The third kappa shape index (κ3) is 2.62. The number of likely N-dealkylation sites (N-methyl/N-ethyl adjacent to an activating group) is 1. The van der Waals surface area contributed by atoms with Crippen LogP contribution < -0.4 is 9.80 Å². The molecule has 2 aromatic carbocycles. The zero-order valence-corrected chi connectivity index (χ0v) is 13.2. The normalized spacial score (nSPS) is 14.3. The van der Waals surface area contributed by atoms with E-state index in [9.17, 15) is 8.78 Å². The van der Waals surface area contributed by atoms with Crippen molar-refractivity contribution in [2.75, 3.05) is 29.9 Å². The number of hydrogen-bond acceptors (Lipinski definition) is 2. The summed E-state index contributed by atoms with van der Waals surface area (Å²) in [6.07, 6.45) is 0. The maximum atomic E-state index is 14.1. The third-order valence-corrected chi connectivity index (χ3v) is 4.44. The summed E-state index contributed by atoms with van der Waals surface area (Å²) in [5.74, 6) is -1.03. The van der Waals surface area contributed by atoms with Crippen molar-refractivity contribution in [1.82, 2.24) is 0 Å². The van der Waals surface area contributed by atoms with Crippen molar-refractivity contribution in [2.45, 2.75) is 6.54 Å². The largest absolute Gasteiger partial charge is 0.371 e. The highest BCUT2D eigenvalue weighted by atomic mass is 79.9. The molecular weight excluding hydrogens is 338 g/mol. The fourth-order valence-corrected chi connectivity index (χ4v) is 3.01. The first-order valence-corrected chi connectivity index (χ1v) is 7.54. The lowest BCUT2D eigenvalue weighted by atomic mass is 10.1. The van der Waals surface area contributed by atoms with Gasteiger partial charge < -0.3 is 9.80 Å². The van der Waals surface area contributed by atoms with E-state index in [-0.39, 0.29) is 12.1 Å². The molecule has 1 aliphatic heterocycles. The van der Waals surface area contributed by atoms with Gasteiger partial charge in [-0.05, 0) is 40.2 Å². The van der Waals surface area contributed by atoms with Crippen LogP contribution in [0, 0.1) is 11.6 Å². The van der Waals surface area contributed by atoms with Crippen molar-refractivity contribution in [3.8, 4) is 0 Å². The van der Waals surface area contributed by atoms with E-state index in [1.54, 1.807) is 0 Å². The number of halogens is 3. The van der Waals surface area contributed by atoms with Crippen molar-refractivity contribution in [1.29, 1.82) is 0 Å². The summed E-state index contributed by atoms with van der Waals surface area (Å²) in [5.41, 5.74) is 2.19. The molecule has 0 spiro atoms. The van der Waals surface area contributed by atoms with Crippen LogP contribution in [0.4, 0.5) is 20.2 Å². The molecular formula is C16H15BrF2N2. The van der Waals surface area contributed by atoms with Gasteiger partial charge in [0.05, 0.1) is 15.8 Å². The molecule has 0 radical (unpaired) electrons. The Bertz CT molecular complexity index is 675. The highest BCUT2D eigenvalue weighted by Crippen LogP contribution is 2.33. The van der Waals surface area contributed by atoms with Crippen molar-refractivity contribution >= 4 is 27.3 Å². The highest BCUT2D eigenvalue weighted by molar-refractivity contribution is 9.10. The third-order valence-electron chi connectivity index (χ3n) is 3.83. The molecule has 21 heavy (non-hydrogen) atoms. The van der Waals surface area contributed by atoms with Crippen LogP contribution in [0.25, 0.3) is 0 Å².